The minimum Gasteiger partial charge on any atom is -0.507 e. The fourth-order valence-electron chi connectivity index (χ4n) is 9.15. The molecule has 4 fully saturated rings. The number of likely N-dealkylation sites (tertiary alicyclic amines) is 1. The van der Waals surface area contributed by atoms with Crippen molar-refractivity contribution in [1.82, 2.24) is 30.2 Å². The molecule has 8 rings (SSSR count). The summed E-state index contributed by atoms with van der Waals surface area (Å²) in [6, 6.07) is 12.1. The van der Waals surface area contributed by atoms with Crippen molar-refractivity contribution in [3.8, 4) is 17.0 Å². The Morgan fingerprint density at radius 2 is 1.63 bits per heavy atom. The van der Waals surface area contributed by atoms with Gasteiger partial charge in [0, 0.05) is 68.3 Å². The highest BCUT2D eigenvalue weighted by Gasteiger charge is 2.42. The molecule has 3 N–H and O–H groups in total. The normalized spacial score (nSPS) is 21.9. The van der Waals surface area contributed by atoms with E-state index in [0.717, 1.165) is 95.2 Å². The lowest BCUT2D eigenvalue weighted by molar-refractivity contribution is -0.146. The van der Waals surface area contributed by atoms with Gasteiger partial charge in [0.15, 0.2) is 17.4 Å². The molecule has 0 aliphatic carbocycles. The molecule has 286 valence electrons. The number of piperidine rings is 2. The van der Waals surface area contributed by atoms with E-state index < -0.39 is 5.92 Å². The van der Waals surface area contributed by atoms with Crippen LogP contribution in [0.25, 0.3) is 11.3 Å². The number of phenolic OH excluding ortho intramolecular Hbond substituents is 1. The van der Waals surface area contributed by atoms with Gasteiger partial charge in [-0.05, 0) is 94.1 Å². The van der Waals surface area contributed by atoms with Gasteiger partial charge >= 0.3 is 5.97 Å². The predicted octanol–water partition coefficient (Wildman–Crippen LogP) is 5.22. The number of aromatic nitrogens is 5. The summed E-state index contributed by atoms with van der Waals surface area (Å²) in [6.07, 6.45) is 10.6. The molecule has 3 aromatic heterocycles. The van der Waals surface area contributed by atoms with Gasteiger partial charge in [-0.25, -0.2) is 9.97 Å². The molecule has 14 nitrogen and oxygen atoms in total. The number of hydrogen-bond acceptors (Lipinski definition) is 14. The second kappa shape index (κ2) is 15.4. The van der Waals surface area contributed by atoms with Crippen LogP contribution in [0.1, 0.15) is 82.5 Å². The van der Waals surface area contributed by atoms with E-state index >= 15 is 0 Å². The number of carbonyl (C=O) groups excluding carboxylic acids is 1. The first-order valence-corrected chi connectivity index (χ1v) is 19.7. The maximum Gasteiger partial charge on any atom is 0.317 e. The third kappa shape index (κ3) is 7.15. The molecule has 14 heteroatoms. The van der Waals surface area contributed by atoms with Crippen LogP contribution in [0.15, 0.2) is 53.3 Å². The Morgan fingerprint density at radius 1 is 0.926 bits per heavy atom. The highest BCUT2D eigenvalue weighted by atomic mass is 16.5. The fraction of sp³-hybridized carbons (Fsp3) is 0.550. The van der Waals surface area contributed by atoms with Gasteiger partial charge < -0.3 is 39.7 Å². The van der Waals surface area contributed by atoms with Crippen LogP contribution in [0.5, 0.6) is 5.75 Å². The van der Waals surface area contributed by atoms with Gasteiger partial charge in [-0.2, -0.15) is 0 Å². The predicted molar refractivity (Wildman–Crippen MR) is 207 cm³/mol. The number of anilines is 4. The maximum absolute atomic E-state index is 12.6. The number of esters is 1. The zero-order valence-electron chi connectivity index (χ0n) is 31.5. The van der Waals surface area contributed by atoms with Gasteiger partial charge in [0.05, 0.1) is 18.0 Å². The first kappa shape index (κ1) is 36.0. The molecule has 3 atom stereocenters. The van der Waals surface area contributed by atoms with Crippen LogP contribution in [0, 0.1) is 5.92 Å². The highest BCUT2D eigenvalue weighted by molar-refractivity contribution is 5.78. The molecule has 0 amide bonds. The zero-order valence-corrected chi connectivity index (χ0v) is 31.5. The van der Waals surface area contributed by atoms with Crippen LogP contribution >= 0.6 is 0 Å². The van der Waals surface area contributed by atoms with Gasteiger partial charge in [-0.1, -0.05) is 31.1 Å². The van der Waals surface area contributed by atoms with Crippen LogP contribution < -0.4 is 20.4 Å². The minimum absolute atomic E-state index is 0.0603. The van der Waals surface area contributed by atoms with Crippen LogP contribution in [0.4, 0.5) is 23.3 Å². The third-order valence-corrected chi connectivity index (χ3v) is 12.0. The van der Waals surface area contributed by atoms with Crippen LogP contribution in [0.2, 0.25) is 0 Å². The number of piperazine rings is 1. The molecule has 4 aromatic rings. The number of nitrogens with zero attached hydrogens (tertiary/aromatic N) is 9. The van der Waals surface area contributed by atoms with E-state index in [0.29, 0.717) is 41.4 Å². The summed E-state index contributed by atoms with van der Waals surface area (Å²) < 4.78 is 11.0. The lowest BCUT2D eigenvalue weighted by Gasteiger charge is -2.42. The van der Waals surface area contributed by atoms with Crippen molar-refractivity contribution in [2.75, 3.05) is 66.3 Å². The Labute approximate surface area is 316 Å². The van der Waals surface area contributed by atoms with Gasteiger partial charge in [0.1, 0.15) is 11.7 Å². The van der Waals surface area contributed by atoms with Crippen molar-refractivity contribution < 1.29 is 19.2 Å². The number of carbonyl (C=O) groups is 1. The van der Waals surface area contributed by atoms with Gasteiger partial charge in [0.25, 0.3) is 0 Å². The number of fused-ring (bicyclic) bond motifs is 2. The number of hydrogen-bond donors (Lipinski definition) is 2. The number of para-hydroxylation sites is 1. The molecule has 0 spiro atoms. The van der Waals surface area contributed by atoms with Crippen molar-refractivity contribution >= 4 is 29.2 Å². The Morgan fingerprint density at radius 3 is 2.30 bits per heavy atom. The number of aromatic hydroxyl groups is 1. The van der Waals surface area contributed by atoms with E-state index in [9.17, 15) is 9.90 Å². The van der Waals surface area contributed by atoms with Crippen molar-refractivity contribution in [3.05, 3.63) is 60.1 Å². The average Bonchev–Trinajstić information content (AvgIpc) is 3.77. The summed E-state index contributed by atoms with van der Waals surface area (Å²) in [5.41, 5.74) is 9.68. The monoisotopic (exact) mass is 736 g/mol. The molecule has 4 aliphatic rings. The summed E-state index contributed by atoms with van der Waals surface area (Å²) >= 11 is 0. The molecule has 2 bridgehead atoms. The molecular formula is C40H52N10O4. The maximum atomic E-state index is 12.6. The summed E-state index contributed by atoms with van der Waals surface area (Å²) in [4.78, 5) is 32.1. The molecule has 3 unspecified atom stereocenters. The van der Waals surface area contributed by atoms with Crippen LogP contribution in [-0.2, 0) is 9.53 Å². The molecule has 7 heterocycles. The van der Waals surface area contributed by atoms with Gasteiger partial charge in [0.2, 0.25) is 5.95 Å². The minimum atomic E-state index is -0.443. The topological polar surface area (TPSA) is 163 Å². The van der Waals surface area contributed by atoms with Crippen molar-refractivity contribution in [2.24, 2.45) is 5.92 Å². The van der Waals surface area contributed by atoms with Gasteiger partial charge in [-0.15, -0.1) is 10.2 Å². The first-order valence-electron chi connectivity index (χ1n) is 19.7. The Kier molecular flexibility index (Phi) is 10.3. The molecule has 0 saturated carbocycles. The lowest BCUT2D eigenvalue weighted by Crippen LogP contribution is -2.54. The van der Waals surface area contributed by atoms with Gasteiger partial charge in [-0.3, -0.25) is 4.79 Å². The largest absolute Gasteiger partial charge is 0.507 e. The third-order valence-electron chi connectivity index (χ3n) is 12.0. The smallest absolute Gasteiger partial charge is 0.317 e. The Balaban J connectivity index is 0.835. The summed E-state index contributed by atoms with van der Waals surface area (Å²) in [5.74, 6) is 2.60. The summed E-state index contributed by atoms with van der Waals surface area (Å²) in [6.45, 7) is 11.8. The summed E-state index contributed by atoms with van der Waals surface area (Å²) in [7, 11) is 0. The van der Waals surface area contributed by atoms with E-state index in [1.165, 1.54) is 5.56 Å². The molecule has 0 radical (unpaired) electrons. The highest BCUT2D eigenvalue weighted by Crippen LogP contribution is 2.39. The molecule has 1 aromatic carbocycles. The van der Waals surface area contributed by atoms with Crippen LogP contribution in [0.3, 0.4) is 0 Å². The van der Waals surface area contributed by atoms with Crippen molar-refractivity contribution in [3.63, 3.8) is 0 Å². The van der Waals surface area contributed by atoms with E-state index in [2.05, 4.69) is 47.3 Å². The van der Waals surface area contributed by atoms with E-state index in [1.807, 2.05) is 45.0 Å². The van der Waals surface area contributed by atoms with E-state index in [1.54, 1.807) is 12.1 Å². The van der Waals surface area contributed by atoms with Crippen molar-refractivity contribution in [2.45, 2.75) is 89.3 Å². The standard InChI is InChI=1S/C40H52N10O4/c1-4-53-39(52)37(25(2)3)35-20-36(46-54-35)48-17-13-28(14-18-48)47-15-11-26(12-16-47)27-21-42-40(43-22-27)50-29-9-10-30(50)24-49(23-29)33-19-32(44-45-38(33)41)31-7-5-6-8-34(31)51/h5-8,19-22,25-26,28-30,37,51H,4,9-18,23-24H2,1-3H3,(H2,41,45). The average molecular weight is 737 g/mol. The molecule has 4 aliphatic heterocycles. The van der Waals surface area contributed by atoms with E-state index in [-0.39, 0.29) is 29.7 Å². The summed E-state index contributed by atoms with van der Waals surface area (Å²) in [5, 5.41) is 23.3. The number of nitrogens with two attached hydrogens (primary N) is 1. The Hall–Kier alpha value is -4.98. The van der Waals surface area contributed by atoms with E-state index in [4.69, 9.17) is 25.0 Å². The number of rotatable bonds is 10. The first-order chi connectivity index (χ1) is 26.3. The fourth-order valence-corrected chi connectivity index (χ4v) is 9.15. The zero-order chi connectivity index (χ0) is 37.3. The molecule has 54 heavy (non-hydrogen) atoms. The molecular weight excluding hydrogens is 685 g/mol. The van der Waals surface area contributed by atoms with Crippen LogP contribution in [-0.4, -0.2) is 105 Å². The number of benzene rings is 1. The molecule has 4 saturated heterocycles. The SMILES string of the molecule is CCOC(=O)C(c1cc(N2CCC(N3CCC(c4cnc(N5C6CCC5CN(c5cc(-c7ccccc7O)nnc5N)C6)nc4)CC3)CC2)no1)C(C)C. The number of phenols is 1. The second-order valence-electron chi connectivity index (χ2n) is 15.6. The van der Waals surface area contributed by atoms with Crippen molar-refractivity contribution in [1.29, 1.82) is 0 Å². The Bertz CT molecular complexity index is 1890. The number of ether oxygens (including phenoxy) is 1. The lowest BCUT2D eigenvalue weighted by atomic mass is 9.89. The quantitative estimate of drug-likeness (QED) is 0.204. The number of nitrogen functional groups attached to an aromatic ring is 1. The second-order valence-corrected chi connectivity index (χ2v) is 15.6.